The Kier molecular flexibility index (Phi) is 6.44. The summed E-state index contributed by atoms with van der Waals surface area (Å²) in [4.78, 5) is 19.6. The third kappa shape index (κ3) is 4.83. The fourth-order valence-corrected chi connectivity index (χ4v) is 3.77. The minimum Gasteiger partial charge on any atom is -0.461 e. The molecule has 1 aliphatic carbocycles. The molecule has 1 N–H and O–H groups in total. The lowest BCUT2D eigenvalue weighted by molar-refractivity contribution is -0.120. The van der Waals surface area contributed by atoms with Crippen molar-refractivity contribution in [3.8, 4) is 6.01 Å². The van der Waals surface area contributed by atoms with Crippen molar-refractivity contribution in [3.63, 3.8) is 0 Å². The number of hydrogen-bond donors (Lipinski definition) is 1. The Bertz CT molecular complexity index is 819. The zero-order valence-electron chi connectivity index (χ0n) is 15.7. The molecule has 0 bridgehead atoms. The third-order valence-electron chi connectivity index (χ3n) is 4.70. The van der Waals surface area contributed by atoms with Gasteiger partial charge < -0.3 is 14.8 Å². The molecular formula is C18H24Cl2N4O3. The first kappa shape index (κ1) is 20.2. The molecule has 0 unspecified atom stereocenters. The molecule has 0 radical (unpaired) electrons. The molecule has 1 saturated carbocycles. The third-order valence-corrected chi connectivity index (χ3v) is 5.44. The summed E-state index contributed by atoms with van der Waals surface area (Å²) in [6, 6.07) is 0.529. The minimum atomic E-state index is -0.0396. The van der Waals surface area contributed by atoms with Crippen LogP contribution in [-0.2, 0) is 16.6 Å². The summed E-state index contributed by atoms with van der Waals surface area (Å²) in [6.07, 6.45) is 5.46. The first-order valence-corrected chi connectivity index (χ1v) is 9.82. The first-order valence-electron chi connectivity index (χ1n) is 9.07. The van der Waals surface area contributed by atoms with E-state index in [1.54, 1.807) is 6.20 Å². The highest BCUT2D eigenvalue weighted by molar-refractivity contribution is 6.44. The van der Waals surface area contributed by atoms with E-state index in [0.717, 1.165) is 31.2 Å². The second kappa shape index (κ2) is 8.63. The van der Waals surface area contributed by atoms with E-state index < -0.39 is 0 Å². The fraction of sp³-hybridized carbons (Fsp3) is 0.611. The monoisotopic (exact) mass is 414 g/mol. The van der Waals surface area contributed by atoms with Crippen LogP contribution in [0.1, 0.15) is 39.5 Å². The van der Waals surface area contributed by atoms with Crippen LogP contribution in [0.2, 0.25) is 10.2 Å². The molecule has 1 fully saturated rings. The Labute approximate surface area is 168 Å². The van der Waals surface area contributed by atoms with Gasteiger partial charge >= 0.3 is 0 Å². The number of carbonyl (C=O) groups is 1. The van der Waals surface area contributed by atoms with Crippen molar-refractivity contribution in [2.75, 3.05) is 6.61 Å². The molecule has 1 aliphatic rings. The topological polar surface area (TPSA) is 78.3 Å². The molecule has 0 aromatic carbocycles. The van der Waals surface area contributed by atoms with E-state index in [9.17, 15) is 4.79 Å². The number of hydrogen-bond acceptors (Lipinski definition) is 5. The molecule has 0 spiro atoms. The normalized spacial score (nSPS) is 21.2. The van der Waals surface area contributed by atoms with E-state index in [1.165, 1.54) is 6.92 Å². The number of rotatable bonds is 6. The van der Waals surface area contributed by atoms with E-state index >= 15 is 0 Å². The lowest BCUT2D eigenvalue weighted by Gasteiger charge is -2.29. The predicted molar refractivity (Wildman–Crippen MR) is 104 cm³/mol. The van der Waals surface area contributed by atoms with Gasteiger partial charge in [0.25, 0.3) is 6.01 Å². The number of carbonyl (C=O) groups excluding carboxylic acids is 1. The number of aromatic nitrogens is 3. The fourth-order valence-electron chi connectivity index (χ4n) is 3.36. The number of aryl methyl sites for hydroxylation is 1. The van der Waals surface area contributed by atoms with E-state index in [2.05, 4.69) is 15.3 Å². The lowest BCUT2D eigenvalue weighted by Crippen LogP contribution is -2.37. The molecule has 2 aromatic heterocycles. The highest BCUT2D eigenvalue weighted by Gasteiger charge is 2.25. The first-order chi connectivity index (χ1) is 12.8. The van der Waals surface area contributed by atoms with E-state index in [0.29, 0.717) is 23.2 Å². The number of amides is 1. The Morgan fingerprint density at radius 2 is 2.00 bits per heavy atom. The highest BCUT2D eigenvalue weighted by atomic mass is 35.5. The van der Waals surface area contributed by atoms with Gasteiger partial charge in [0.1, 0.15) is 21.8 Å². The summed E-state index contributed by atoms with van der Waals surface area (Å²) >= 11 is 12.2. The Morgan fingerprint density at radius 3 is 2.67 bits per heavy atom. The standard InChI is InChI=1S/C18H24Cl2N4O3/c1-10(22-11(2)25)9-26-12-4-6-13(7-5-12)27-18-23-14-8-21-17(20)15(19)16(14)24(18)3/h8,10,12-13H,4-7,9H2,1-3H3,(H,22,25)/t10-,12-,13-/m0/s1. The van der Waals surface area contributed by atoms with Crippen LogP contribution in [0.15, 0.2) is 6.20 Å². The van der Waals surface area contributed by atoms with E-state index in [1.807, 2.05) is 18.5 Å². The highest BCUT2D eigenvalue weighted by Crippen LogP contribution is 2.32. The number of nitrogens with one attached hydrogen (secondary N) is 1. The quantitative estimate of drug-likeness (QED) is 0.731. The minimum absolute atomic E-state index is 0.0154. The van der Waals surface area contributed by atoms with Crippen LogP contribution in [-0.4, -0.2) is 45.3 Å². The number of nitrogens with zero attached hydrogens (tertiary/aromatic N) is 3. The summed E-state index contributed by atoms with van der Waals surface area (Å²) in [6.45, 7) is 3.97. The molecule has 2 heterocycles. The molecule has 0 aliphatic heterocycles. The summed E-state index contributed by atoms with van der Waals surface area (Å²) in [7, 11) is 1.85. The SMILES string of the molecule is CC(=O)N[C@@H](C)CO[C@H]1CC[C@H](Oc2nc3cnc(Cl)c(Cl)c3n2C)CC1. The number of ether oxygens (including phenoxy) is 2. The Hall–Kier alpha value is -1.57. The van der Waals surface area contributed by atoms with Crippen LogP contribution < -0.4 is 10.1 Å². The Morgan fingerprint density at radius 1 is 1.33 bits per heavy atom. The maximum atomic E-state index is 11.0. The molecular weight excluding hydrogens is 391 g/mol. The van der Waals surface area contributed by atoms with Crippen LogP contribution in [0.3, 0.4) is 0 Å². The van der Waals surface area contributed by atoms with Crippen molar-refractivity contribution >= 4 is 40.1 Å². The van der Waals surface area contributed by atoms with Gasteiger partial charge in [-0.15, -0.1) is 0 Å². The average molecular weight is 415 g/mol. The Balaban J connectivity index is 1.54. The molecule has 1 amide bonds. The van der Waals surface area contributed by atoms with Crippen molar-refractivity contribution in [1.29, 1.82) is 0 Å². The van der Waals surface area contributed by atoms with Crippen molar-refractivity contribution in [2.24, 2.45) is 7.05 Å². The molecule has 148 valence electrons. The van der Waals surface area contributed by atoms with E-state index in [4.69, 9.17) is 32.7 Å². The zero-order chi connectivity index (χ0) is 19.6. The van der Waals surface area contributed by atoms with Crippen LogP contribution in [0, 0.1) is 0 Å². The van der Waals surface area contributed by atoms with Crippen LogP contribution in [0.5, 0.6) is 6.01 Å². The maximum absolute atomic E-state index is 11.0. The van der Waals surface area contributed by atoms with Gasteiger partial charge in [0.2, 0.25) is 5.91 Å². The molecule has 1 atom stereocenters. The average Bonchev–Trinajstić information content (AvgIpc) is 2.93. The van der Waals surface area contributed by atoms with Gasteiger partial charge in [-0.2, -0.15) is 4.98 Å². The van der Waals surface area contributed by atoms with Gasteiger partial charge in [-0.25, -0.2) is 4.98 Å². The van der Waals surface area contributed by atoms with E-state index in [-0.39, 0.29) is 29.3 Å². The van der Waals surface area contributed by atoms with Gasteiger partial charge in [-0.1, -0.05) is 23.2 Å². The summed E-state index contributed by atoms with van der Waals surface area (Å²) in [5.74, 6) is -0.0396. The summed E-state index contributed by atoms with van der Waals surface area (Å²) in [5, 5.41) is 3.46. The van der Waals surface area contributed by atoms with Crippen LogP contribution in [0.25, 0.3) is 11.0 Å². The predicted octanol–water partition coefficient (Wildman–Crippen LogP) is 3.51. The maximum Gasteiger partial charge on any atom is 0.297 e. The summed E-state index contributed by atoms with van der Waals surface area (Å²) in [5.41, 5.74) is 1.38. The van der Waals surface area contributed by atoms with Gasteiger partial charge in [0.05, 0.1) is 24.4 Å². The van der Waals surface area contributed by atoms with Crippen molar-refractivity contribution in [1.82, 2.24) is 19.9 Å². The van der Waals surface area contributed by atoms with Gasteiger partial charge in [-0.3, -0.25) is 9.36 Å². The molecule has 9 heteroatoms. The summed E-state index contributed by atoms with van der Waals surface area (Å²) < 4.78 is 13.8. The molecule has 0 saturated heterocycles. The zero-order valence-corrected chi connectivity index (χ0v) is 17.2. The van der Waals surface area contributed by atoms with Crippen LogP contribution >= 0.6 is 23.2 Å². The lowest BCUT2D eigenvalue weighted by atomic mass is 9.95. The number of fused-ring (bicyclic) bond motifs is 1. The smallest absolute Gasteiger partial charge is 0.297 e. The van der Waals surface area contributed by atoms with Crippen LogP contribution in [0.4, 0.5) is 0 Å². The molecule has 3 rings (SSSR count). The number of pyridine rings is 1. The van der Waals surface area contributed by atoms with Gasteiger partial charge in [0.15, 0.2) is 0 Å². The second-order valence-corrected chi connectivity index (χ2v) is 7.74. The van der Waals surface area contributed by atoms with Crippen molar-refractivity contribution in [3.05, 3.63) is 16.4 Å². The van der Waals surface area contributed by atoms with Gasteiger partial charge in [0, 0.05) is 20.0 Å². The van der Waals surface area contributed by atoms with Gasteiger partial charge in [-0.05, 0) is 32.6 Å². The number of halogens is 2. The molecule has 7 nitrogen and oxygen atoms in total. The van der Waals surface area contributed by atoms with Crippen molar-refractivity contribution in [2.45, 2.75) is 57.8 Å². The molecule has 2 aromatic rings. The van der Waals surface area contributed by atoms with Crippen molar-refractivity contribution < 1.29 is 14.3 Å². The second-order valence-electron chi connectivity index (χ2n) is 7.00. The number of imidazole rings is 1. The molecule has 27 heavy (non-hydrogen) atoms. The largest absolute Gasteiger partial charge is 0.461 e.